The fourth-order valence-electron chi connectivity index (χ4n) is 2.06. The van der Waals surface area contributed by atoms with Crippen molar-refractivity contribution in [3.63, 3.8) is 0 Å². The fraction of sp³-hybridized carbons (Fsp3) is 0.846. The van der Waals surface area contributed by atoms with Crippen molar-refractivity contribution < 1.29 is 5.11 Å². The van der Waals surface area contributed by atoms with E-state index < -0.39 is 0 Å². The first-order chi connectivity index (χ1) is 7.33. The van der Waals surface area contributed by atoms with Crippen molar-refractivity contribution in [3.8, 4) is 0 Å². The minimum absolute atomic E-state index is 0.100. The van der Waals surface area contributed by atoms with Crippen molar-refractivity contribution in [2.45, 2.75) is 62.7 Å². The number of unbranched alkanes of at least 4 members (excludes halogenated alkanes) is 1. The van der Waals surface area contributed by atoms with E-state index in [-0.39, 0.29) is 6.10 Å². The van der Waals surface area contributed by atoms with E-state index in [1.54, 1.807) is 0 Å². The molecular formula is C13H24OS. The van der Waals surface area contributed by atoms with Crippen LogP contribution in [0.2, 0.25) is 0 Å². The lowest BCUT2D eigenvalue weighted by Crippen LogP contribution is -2.15. The number of aliphatic hydroxyl groups is 1. The quantitative estimate of drug-likeness (QED) is 0.529. The van der Waals surface area contributed by atoms with Crippen LogP contribution in [0.4, 0.5) is 0 Å². The van der Waals surface area contributed by atoms with Crippen LogP contribution in [-0.2, 0) is 0 Å². The van der Waals surface area contributed by atoms with Crippen molar-refractivity contribution in [2.75, 3.05) is 5.75 Å². The molecule has 88 valence electrons. The Morgan fingerprint density at radius 2 is 2.07 bits per heavy atom. The Morgan fingerprint density at radius 1 is 1.33 bits per heavy atom. The van der Waals surface area contributed by atoms with Gasteiger partial charge in [0.15, 0.2) is 0 Å². The normalized spacial score (nSPS) is 20.1. The predicted octanol–water partition coefficient (Wildman–Crippen LogP) is 3.77. The van der Waals surface area contributed by atoms with Gasteiger partial charge >= 0.3 is 0 Å². The SMILES string of the molecule is C=CCCCC(O)CSC1CCCCC1. The lowest BCUT2D eigenvalue weighted by Gasteiger charge is -2.22. The van der Waals surface area contributed by atoms with Gasteiger partial charge in [-0.2, -0.15) is 11.8 Å². The highest BCUT2D eigenvalue weighted by Gasteiger charge is 2.15. The van der Waals surface area contributed by atoms with Crippen LogP contribution in [0.3, 0.4) is 0 Å². The van der Waals surface area contributed by atoms with Gasteiger partial charge in [0.05, 0.1) is 6.10 Å². The molecule has 15 heavy (non-hydrogen) atoms. The largest absolute Gasteiger partial charge is 0.392 e. The topological polar surface area (TPSA) is 20.2 Å². The Hall–Kier alpha value is 0.0500. The average Bonchev–Trinajstić information content (AvgIpc) is 2.28. The summed E-state index contributed by atoms with van der Waals surface area (Å²) in [5, 5.41) is 10.6. The van der Waals surface area contributed by atoms with E-state index in [0.717, 1.165) is 30.3 Å². The lowest BCUT2D eigenvalue weighted by molar-refractivity contribution is 0.186. The third kappa shape index (κ3) is 6.26. The Balaban J connectivity index is 1.99. The molecule has 0 aliphatic heterocycles. The van der Waals surface area contributed by atoms with Crippen LogP contribution in [0, 0.1) is 0 Å². The molecule has 0 saturated heterocycles. The van der Waals surface area contributed by atoms with E-state index in [2.05, 4.69) is 6.58 Å². The number of allylic oxidation sites excluding steroid dienone is 1. The highest BCUT2D eigenvalue weighted by atomic mass is 32.2. The standard InChI is InChI=1S/C13H24OS/c1-2-3-5-8-12(14)11-15-13-9-6-4-7-10-13/h2,12-14H,1,3-11H2. The molecule has 0 aromatic heterocycles. The van der Waals surface area contributed by atoms with Crippen molar-refractivity contribution >= 4 is 11.8 Å². The molecule has 0 bridgehead atoms. The summed E-state index contributed by atoms with van der Waals surface area (Å²) in [6, 6.07) is 0. The second-order valence-corrected chi connectivity index (χ2v) is 5.80. The van der Waals surface area contributed by atoms with E-state index in [1.807, 2.05) is 17.8 Å². The highest BCUT2D eigenvalue weighted by Crippen LogP contribution is 2.28. The van der Waals surface area contributed by atoms with Gasteiger partial charge < -0.3 is 5.11 Å². The van der Waals surface area contributed by atoms with Gasteiger partial charge in [0.25, 0.3) is 0 Å². The number of thioether (sulfide) groups is 1. The molecule has 1 atom stereocenters. The van der Waals surface area contributed by atoms with Gasteiger partial charge in [0, 0.05) is 11.0 Å². The molecule has 2 heteroatoms. The van der Waals surface area contributed by atoms with E-state index in [0.29, 0.717) is 0 Å². The summed E-state index contributed by atoms with van der Waals surface area (Å²) < 4.78 is 0. The molecule has 1 aliphatic carbocycles. The maximum absolute atomic E-state index is 9.75. The summed E-state index contributed by atoms with van der Waals surface area (Å²) >= 11 is 1.99. The second kappa shape index (κ2) is 8.23. The lowest BCUT2D eigenvalue weighted by atomic mass is 10.0. The van der Waals surface area contributed by atoms with Crippen LogP contribution in [0.1, 0.15) is 51.4 Å². The van der Waals surface area contributed by atoms with E-state index in [4.69, 9.17) is 0 Å². The van der Waals surface area contributed by atoms with Crippen LogP contribution in [-0.4, -0.2) is 22.2 Å². The molecule has 0 heterocycles. The first-order valence-electron chi connectivity index (χ1n) is 6.23. The van der Waals surface area contributed by atoms with Gasteiger partial charge in [-0.05, 0) is 32.1 Å². The van der Waals surface area contributed by atoms with Crippen LogP contribution >= 0.6 is 11.8 Å². The van der Waals surface area contributed by atoms with Crippen molar-refractivity contribution in [2.24, 2.45) is 0 Å². The Morgan fingerprint density at radius 3 is 2.73 bits per heavy atom. The van der Waals surface area contributed by atoms with Crippen molar-refractivity contribution in [1.82, 2.24) is 0 Å². The maximum atomic E-state index is 9.75. The summed E-state index contributed by atoms with van der Waals surface area (Å²) in [5.41, 5.74) is 0. The highest BCUT2D eigenvalue weighted by molar-refractivity contribution is 7.99. The summed E-state index contributed by atoms with van der Waals surface area (Å²) in [7, 11) is 0. The van der Waals surface area contributed by atoms with Crippen LogP contribution in [0.25, 0.3) is 0 Å². The monoisotopic (exact) mass is 228 g/mol. The van der Waals surface area contributed by atoms with Gasteiger partial charge in [-0.15, -0.1) is 6.58 Å². The van der Waals surface area contributed by atoms with Gasteiger partial charge in [0.1, 0.15) is 0 Å². The number of aliphatic hydroxyl groups excluding tert-OH is 1. The summed E-state index contributed by atoms with van der Waals surface area (Å²) in [4.78, 5) is 0. The zero-order valence-electron chi connectivity index (χ0n) is 9.66. The molecule has 0 spiro atoms. The van der Waals surface area contributed by atoms with E-state index in [9.17, 15) is 5.11 Å². The second-order valence-electron chi connectivity index (χ2n) is 4.47. The van der Waals surface area contributed by atoms with Gasteiger partial charge in [-0.3, -0.25) is 0 Å². The summed E-state index contributed by atoms with van der Waals surface area (Å²) in [5.74, 6) is 0.932. The fourth-order valence-corrected chi connectivity index (χ4v) is 3.39. The van der Waals surface area contributed by atoms with Gasteiger partial charge in [-0.25, -0.2) is 0 Å². The smallest absolute Gasteiger partial charge is 0.0630 e. The number of hydrogen-bond acceptors (Lipinski definition) is 2. The molecule has 0 aromatic rings. The van der Waals surface area contributed by atoms with Crippen molar-refractivity contribution in [1.29, 1.82) is 0 Å². The molecule has 0 amide bonds. The Bertz CT molecular complexity index is 164. The van der Waals surface area contributed by atoms with Crippen molar-refractivity contribution in [3.05, 3.63) is 12.7 Å². The molecule has 1 N–H and O–H groups in total. The molecule has 0 radical (unpaired) electrons. The Labute approximate surface area is 98.3 Å². The van der Waals surface area contributed by atoms with E-state index >= 15 is 0 Å². The number of rotatable bonds is 7. The molecule has 1 saturated carbocycles. The third-order valence-corrected chi connectivity index (χ3v) is 4.54. The molecule has 1 fully saturated rings. The van der Waals surface area contributed by atoms with Crippen LogP contribution in [0.5, 0.6) is 0 Å². The first kappa shape index (κ1) is 13.1. The molecule has 1 nitrogen and oxygen atoms in total. The van der Waals surface area contributed by atoms with Crippen LogP contribution < -0.4 is 0 Å². The predicted molar refractivity (Wildman–Crippen MR) is 69.4 cm³/mol. The van der Waals surface area contributed by atoms with Crippen LogP contribution in [0.15, 0.2) is 12.7 Å². The van der Waals surface area contributed by atoms with Gasteiger partial charge in [-0.1, -0.05) is 25.3 Å². The molecule has 1 unspecified atom stereocenters. The maximum Gasteiger partial charge on any atom is 0.0630 e. The zero-order valence-corrected chi connectivity index (χ0v) is 10.5. The van der Waals surface area contributed by atoms with E-state index in [1.165, 1.54) is 32.1 Å². The third-order valence-electron chi connectivity index (χ3n) is 3.02. The first-order valence-corrected chi connectivity index (χ1v) is 7.28. The molecule has 1 aliphatic rings. The average molecular weight is 228 g/mol. The Kier molecular flexibility index (Phi) is 7.20. The number of hydrogen-bond donors (Lipinski definition) is 1. The summed E-state index contributed by atoms with van der Waals surface area (Å²) in [6.07, 6.45) is 11.8. The summed E-state index contributed by atoms with van der Waals surface area (Å²) in [6.45, 7) is 3.69. The molecule has 0 aromatic carbocycles. The minimum atomic E-state index is -0.100. The molecule has 1 rings (SSSR count). The van der Waals surface area contributed by atoms with Gasteiger partial charge in [0.2, 0.25) is 0 Å². The molecular weight excluding hydrogens is 204 g/mol. The minimum Gasteiger partial charge on any atom is -0.392 e. The zero-order chi connectivity index (χ0) is 10.9.